The first-order valence-corrected chi connectivity index (χ1v) is 8.43. The predicted octanol–water partition coefficient (Wildman–Crippen LogP) is 3.30. The van der Waals surface area contributed by atoms with Crippen LogP contribution in [0.3, 0.4) is 0 Å². The lowest BCUT2D eigenvalue weighted by molar-refractivity contribution is 0.581. The van der Waals surface area contributed by atoms with E-state index in [1.54, 1.807) is 18.2 Å². The molecule has 0 aliphatic heterocycles. The van der Waals surface area contributed by atoms with E-state index < -0.39 is 10.0 Å². The van der Waals surface area contributed by atoms with E-state index in [9.17, 15) is 8.42 Å². The summed E-state index contributed by atoms with van der Waals surface area (Å²) in [7, 11) is -3.44. The SMILES string of the molecule is Cc1cccc(S(=O)(=O)NCc2sccc2Br)c1. The summed E-state index contributed by atoms with van der Waals surface area (Å²) in [4.78, 5) is 1.27. The second-order valence-electron chi connectivity index (χ2n) is 3.83. The molecule has 0 aliphatic rings. The van der Waals surface area contributed by atoms with Gasteiger partial charge in [-0.05, 0) is 52.0 Å². The Morgan fingerprint density at radius 3 is 2.72 bits per heavy atom. The summed E-state index contributed by atoms with van der Waals surface area (Å²) in [6.07, 6.45) is 0. The summed E-state index contributed by atoms with van der Waals surface area (Å²) >= 11 is 4.89. The average Bonchev–Trinajstić information content (AvgIpc) is 2.72. The summed E-state index contributed by atoms with van der Waals surface area (Å²) in [5.41, 5.74) is 0.926. The molecule has 1 N–H and O–H groups in total. The predicted molar refractivity (Wildman–Crippen MR) is 77.2 cm³/mol. The van der Waals surface area contributed by atoms with Crippen LogP contribution in [-0.4, -0.2) is 8.42 Å². The van der Waals surface area contributed by atoms with Gasteiger partial charge in [0, 0.05) is 15.9 Å². The van der Waals surface area contributed by atoms with Crippen molar-refractivity contribution in [2.45, 2.75) is 18.4 Å². The van der Waals surface area contributed by atoms with Gasteiger partial charge >= 0.3 is 0 Å². The monoisotopic (exact) mass is 345 g/mol. The first kappa shape index (κ1) is 13.7. The van der Waals surface area contributed by atoms with Gasteiger partial charge in [-0.2, -0.15) is 0 Å². The second kappa shape index (κ2) is 5.52. The smallest absolute Gasteiger partial charge is 0.207 e. The minimum Gasteiger partial charge on any atom is -0.207 e. The number of aryl methyl sites for hydroxylation is 1. The molecule has 1 heterocycles. The maximum Gasteiger partial charge on any atom is 0.240 e. The molecular weight excluding hydrogens is 334 g/mol. The van der Waals surface area contributed by atoms with Gasteiger partial charge in [0.2, 0.25) is 10.0 Å². The Bertz CT molecular complexity index is 650. The quantitative estimate of drug-likeness (QED) is 0.923. The molecule has 3 nitrogen and oxygen atoms in total. The van der Waals surface area contributed by atoms with Crippen molar-refractivity contribution in [1.29, 1.82) is 0 Å². The molecule has 0 amide bonds. The van der Waals surface area contributed by atoms with Gasteiger partial charge in [-0.15, -0.1) is 11.3 Å². The molecule has 96 valence electrons. The highest BCUT2D eigenvalue weighted by Gasteiger charge is 2.14. The van der Waals surface area contributed by atoms with Crippen LogP contribution in [0.4, 0.5) is 0 Å². The van der Waals surface area contributed by atoms with Gasteiger partial charge < -0.3 is 0 Å². The van der Waals surface area contributed by atoms with Crippen LogP contribution >= 0.6 is 27.3 Å². The lowest BCUT2D eigenvalue weighted by Gasteiger charge is -2.06. The van der Waals surface area contributed by atoms with Crippen LogP contribution < -0.4 is 4.72 Å². The number of nitrogens with one attached hydrogen (secondary N) is 1. The van der Waals surface area contributed by atoms with E-state index >= 15 is 0 Å². The normalized spacial score (nSPS) is 11.7. The summed E-state index contributed by atoms with van der Waals surface area (Å²) < 4.78 is 27.7. The van der Waals surface area contributed by atoms with Gasteiger partial charge in [0.05, 0.1) is 4.90 Å². The van der Waals surface area contributed by atoms with Crippen molar-refractivity contribution in [2.24, 2.45) is 0 Å². The van der Waals surface area contributed by atoms with Crippen molar-refractivity contribution in [2.75, 3.05) is 0 Å². The second-order valence-corrected chi connectivity index (χ2v) is 7.45. The Morgan fingerprint density at radius 2 is 2.11 bits per heavy atom. The van der Waals surface area contributed by atoms with Crippen LogP contribution in [0.2, 0.25) is 0 Å². The Morgan fingerprint density at radius 1 is 1.33 bits per heavy atom. The molecular formula is C12H12BrNO2S2. The zero-order valence-corrected chi connectivity index (χ0v) is 12.9. The van der Waals surface area contributed by atoms with Crippen molar-refractivity contribution >= 4 is 37.3 Å². The summed E-state index contributed by atoms with van der Waals surface area (Å²) in [6.45, 7) is 2.17. The minimum atomic E-state index is -3.44. The number of halogens is 1. The van der Waals surface area contributed by atoms with Gasteiger partial charge in [0.1, 0.15) is 0 Å². The topological polar surface area (TPSA) is 46.2 Å². The Labute approximate surface area is 119 Å². The molecule has 6 heteroatoms. The fourth-order valence-corrected chi connectivity index (χ4v) is 4.10. The third-order valence-electron chi connectivity index (χ3n) is 2.41. The maximum atomic E-state index is 12.1. The van der Waals surface area contributed by atoms with Crippen molar-refractivity contribution < 1.29 is 8.42 Å². The largest absolute Gasteiger partial charge is 0.240 e. The zero-order chi connectivity index (χ0) is 13.2. The summed E-state index contributed by atoms with van der Waals surface area (Å²) in [6, 6.07) is 8.77. The van der Waals surface area contributed by atoms with Crippen LogP contribution in [0.1, 0.15) is 10.4 Å². The third kappa shape index (κ3) is 3.20. The van der Waals surface area contributed by atoms with E-state index in [4.69, 9.17) is 0 Å². The van der Waals surface area contributed by atoms with Gasteiger partial charge in [0.15, 0.2) is 0 Å². The molecule has 0 unspecified atom stereocenters. The number of benzene rings is 1. The molecule has 0 fully saturated rings. The molecule has 2 aromatic rings. The van der Waals surface area contributed by atoms with Crippen molar-refractivity contribution in [3.63, 3.8) is 0 Å². The first-order chi connectivity index (χ1) is 8.49. The van der Waals surface area contributed by atoms with E-state index in [-0.39, 0.29) is 0 Å². The zero-order valence-electron chi connectivity index (χ0n) is 9.68. The van der Waals surface area contributed by atoms with E-state index in [1.165, 1.54) is 11.3 Å². The first-order valence-electron chi connectivity index (χ1n) is 5.27. The van der Waals surface area contributed by atoms with Crippen LogP contribution in [0.25, 0.3) is 0 Å². The molecule has 0 saturated carbocycles. The lowest BCUT2D eigenvalue weighted by Crippen LogP contribution is -2.22. The highest BCUT2D eigenvalue weighted by atomic mass is 79.9. The van der Waals surface area contributed by atoms with E-state index in [0.29, 0.717) is 11.4 Å². The molecule has 0 spiro atoms. The lowest BCUT2D eigenvalue weighted by atomic mass is 10.2. The molecule has 1 aromatic heterocycles. The number of hydrogen-bond donors (Lipinski definition) is 1. The summed E-state index contributed by atoms with van der Waals surface area (Å²) in [5, 5.41) is 1.92. The highest BCUT2D eigenvalue weighted by Crippen LogP contribution is 2.23. The minimum absolute atomic E-state index is 0.300. The van der Waals surface area contributed by atoms with Crippen LogP contribution in [0.5, 0.6) is 0 Å². The molecule has 0 saturated heterocycles. The van der Waals surface area contributed by atoms with E-state index in [2.05, 4.69) is 20.7 Å². The Hall–Kier alpha value is -0.690. The van der Waals surface area contributed by atoms with Crippen LogP contribution in [0.15, 0.2) is 45.1 Å². The van der Waals surface area contributed by atoms with Gasteiger partial charge in [-0.25, -0.2) is 13.1 Å². The standard InChI is InChI=1S/C12H12BrNO2S2/c1-9-3-2-4-10(7-9)18(15,16)14-8-12-11(13)5-6-17-12/h2-7,14H,8H2,1H3. The van der Waals surface area contributed by atoms with Crippen molar-refractivity contribution in [3.8, 4) is 0 Å². The fourth-order valence-electron chi connectivity index (χ4n) is 1.48. The third-order valence-corrected chi connectivity index (χ3v) is 5.74. The molecule has 0 atom stereocenters. The molecule has 0 bridgehead atoms. The molecule has 18 heavy (non-hydrogen) atoms. The number of sulfonamides is 1. The maximum absolute atomic E-state index is 12.1. The summed E-state index contributed by atoms with van der Waals surface area (Å²) in [5.74, 6) is 0. The van der Waals surface area contributed by atoms with Gasteiger partial charge in [0.25, 0.3) is 0 Å². The molecule has 0 radical (unpaired) electrons. The van der Waals surface area contributed by atoms with Gasteiger partial charge in [-0.1, -0.05) is 12.1 Å². The van der Waals surface area contributed by atoms with Crippen molar-refractivity contribution in [3.05, 3.63) is 50.6 Å². The Kier molecular flexibility index (Phi) is 4.21. The molecule has 0 aliphatic carbocycles. The van der Waals surface area contributed by atoms with Crippen LogP contribution in [0, 0.1) is 6.92 Å². The molecule has 2 rings (SSSR count). The van der Waals surface area contributed by atoms with E-state index in [1.807, 2.05) is 24.4 Å². The average molecular weight is 346 g/mol. The van der Waals surface area contributed by atoms with Crippen LogP contribution in [-0.2, 0) is 16.6 Å². The Balaban J connectivity index is 2.16. The van der Waals surface area contributed by atoms with Crippen molar-refractivity contribution in [1.82, 2.24) is 4.72 Å². The van der Waals surface area contributed by atoms with E-state index in [0.717, 1.165) is 14.9 Å². The fraction of sp³-hybridized carbons (Fsp3) is 0.167. The number of thiophene rings is 1. The van der Waals surface area contributed by atoms with Gasteiger partial charge in [-0.3, -0.25) is 0 Å². The number of hydrogen-bond acceptors (Lipinski definition) is 3. The number of rotatable bonds is 4. The highest BCUT2D eigenvalue weighted by molar-refractivity contribution is 9.10. The molecule has 1 aromatic carbocycles.